The zero-order valence-electron chi connectivity index (χ0n) is 40.4. The maximum atomic E-state index is 17.0. The molecular weight excluding hydrogens is 1050 g/mol. The van der Waals surface area contributed by atoms with E-state index in [-0.39, 0.29) is 98.8 Å². The summed E-state index contributed by atoms with van der Waals surface area (Å²) in [5.74, 6) is -1.54. The second-order valence-corrected chi connectivity index (χ2v) is 21.7. The highest BCUT2D eigenvalue weighted by Gasteiger charge is 2.40. The van der Waals surface area contributed by atoms with Gasteiger partial charge in [0.25, 0.3) is 11.8 Å². The molecule has 26 heteroatoms. The number of nitrogens with one attached hydrogen (secondary N) is 2. The molecule has 17 nitrogen and oxygen atoms in total. The summed E-state index contributed by atoms with van der Waals surface area (Å²) < 4.78 is 155. The molecule has 398 valence electrons. The van der Waals surface area contributed by atoms with Gasteiger partial charge in [-0.1, -0.05) is 20.8 Å². The van der Waals surface area contributed by atoms with E-state index < -0.39 is 84.3 Å². The fraction of sp³-hybridized carbons (Fsp3) is 0.280. The number of hydrogen-bond acceptors (Lipinski definition) is 13. The molecule has 76 heavy (non-hydrogen) atoms. The topological polar surface area (TPSA) is 233 Å². The number of pyridine rings is 6. The zero-order valence-corrected chi connectivity index (χ0v) is 42.0. The van der Waals surface area contributed by atoms with E-state index in [1.807, 2.05) is 0 Å². The summed E-state index contributed by atoms with van der Waals surface area (Å²) in [6.45, 7) is 4.37. The highest BCUT2D eigenvalue weighted by molar-refractivity contribution is 7.91. The van der Waals surface area contributed by atoms with Gasteiger partial charge >= 0.3 is 12.4 Å². The van der Waals surface area contributed by atoms with Crippen LogP contribution < -0.4 is 10.6 Å². The highest BCUT2D eigenvalue weighted by atomic mass is 32.2. The smallest absolute Gasteiger partial charge is 0.380 e. The van der Waals surface area contributed by atoms with Crippen molar-refractivity contribution in [1.82, 2.24) is 49.3 Å². The van der Waals surface area contributed by atoms with Crippen LogP contribution >= 0.6 is 0 Å². The van der Waals surface area contributed by atoms with Crippen LogP contribution in [-0.4, -0.2) is 84.0 Å². The van der Waals surface area contributed by atoms with E-state index >= 15 is 4.39 Å². The first-order chi connectivity index (χ1) is 35.9. The number of rotatable bonds is 18. The molecule has 8 aromatic heterocycles. The number of carbonyl (C=O) groups excluding carboxylic acids is 2. The Kier molecular flexibility index (Phi) is 15.4. The first-order valence-corrected chi connectivity index (χ1v) is 26.6. The Bertz CT molecular complexity index is 3720. The molecule has 8 rings (SSSR count). The van der Waals surface area contributed by atoms with Crippen LogP contribution in [-0.2, 0) is 64.4 Å². The zero-order chi connectivity index (χ0) is 54.9. The van der Waals surface area contributed by atoms with E-state index in [4.69, 9.17) is 0 Å². The quantitative estimate of drug-likeness (QED) is 0.0706. The standard InChI is InChI=1S/C50H45F7N10O7S2/c1-4-37-44(64-39-22-28(17-20-66(37)39)47(69)61-24-31-9-13-33(26-59-31)75(71,72)5-2)41(51)42-36(50(55,56)57)15-11-30(63-42)12-16-38-45(46(68)43-35(49(52,53)54)8-7-19-58-43)65-40-23-29(18-21-67(38)40)48(70)62-25-32-10-14-34(27-60-32)76(73,74)6-3/h7-11,13-15,17-23,26-27,41,46,68H,4-6,12,16,24-25H2,1-3H3,(H,61,69)(H,62,70). The van der Waals surface area contributed by atoms with Crippen LogP contribution in [0.1, 0.15) is 116 Å². The third kappa shape index (κ3) is 11.4. The molecule has 0 aliphatic rings. The maximum absolute atomic E-state index is 17.0. The molecule has 0 aliphatic heterocycles. The summed E-state index contributed by atoms with van der Waals surface area (Å²) in [6.07, 6.45) is -9.12. The van der Waals surface area contributed by atoms with E-state index in [1.54, 1.807) is 6.92 Å². The summed E-state index contributed by atoms with van der Waals surface area (Å²) >= 11 is 0. The van der Waals surface area contributed by atoms with E-state index in [1.165, 1.54) is 89.8 Å². The van der Waals surface area contributed by atoms with Gasteiger partial charge in [-0.25, -0.2) is 31.2 Å². The Balaban J connectivity index is 1.08. The molecule has 2 amide bonds. The largest absolute Gasteiger partial charge is 0.418 e. The molecule has 0 saturated heterocycles. The average Bonchev–Trinajstić information content (AvgIpc) is 3.99. The van der Waals surface area contributed by atoms with Gasteiger partial charge < -0.3 is 24.5 Å². The molecule has 0 bridgehead atoms. The minimum atomic E-state index is -5.11. The van der Waals surface area contributed by atoms with E-state index in [9.17, 15) is 57.9 Å². The van der Waals surface area contributed by atoms with Gasteiger partial charge in [0.2, 0.25) is 0 Å². The number of amides is 2. The number of carbonyl (C=O) groups is 2. The molecule has 0 fully saturated rings. The van der Waals surface area contributed by atoms with Crippen molar-refractivity contribution in [2.75, 3.05) is 11.5 Å². The second kappa shape index (κ2) is 21.5. The number of halogens is 7. The van der Waals surface area contributed by atoms with Gasteiger partial charge in [0.1, 0.15) is 23.1 Å². The SMILES string of the molecule is CCc1c(C(F)c2nc(CCc3c(C(O)c4ncccc4C(F)(F)F)nc4cc(C(=O)NCc5ccc(S(=O)(=O)CC)cn5)ccn34)ccc2C(F)(F)F)nc2cc(C(=O)NCc3ccc(S(=O)(=O)CC)cn3)ccn12. The van der Waals surface area contributed by atoms with Crippen molar-refractivity contribution in [2.24, 2.45) is 0 Å². The van der Waals surface area contributed by atoms with Crippen LogP contribution in [0.3, 0.4) is 0 Å². The maximum Gasteiger partial charge on any atom is 0.418 e. The van der Waals surface area contributed by atoms with E-state index in [0.717, 1.165) is 24.5 Å². The molecule has 0 spiro atoms. The molecule has 8 heterocycles. The fourth-order valence-electron chi connectivity index (χ4n) is 8.28. The van der Waals surface area contributed by atoms with Crippen LogP contribution in [0.25, 0.3) is 11.3 Å². The molecule has 0 radical (unpaired) electrons. The van der Waals surface area contributed by atoms with Crippen molar-refractivity contribution in [2.45, 2.75) is 87.5 Å². The number of sulfone groups is 2. The molecule has 2 atom stereocenters. The molecular formula is C50H45F7N10O7S2. The Morgan fingerprint density at radius 1 is 0.605 bits per heavy atom. The minimum Gasteiger partial charge on any atom is -0.380 e. The number of aromatic nitrogens is 8. The lowest BCUT2D eigenvalue weighted by atomic mass is 10.0. The van der Waals surface area contributed by atoms with Crippen LogP contribution in [0.15, 0.2) is 114 Å². The Morgan fingerprint density at radius 3 is 1.59 bits per heavy atom. The van der Waals surface area contributed by atoms with Crippen molar-refractivity contribution in [3.63, 3.8) is 0 Å². The molecule has 0 aromatic carbocycles. The first kappa shape index (κ1) is 54.5. The van der Waals surface area contributed by atoms with Crippen molar-refractivity contribution in [1.29, 1.82) is 0 Å². The van der Waals surface area contributed by atoms with Gasteiger partial charge in [0, 0.05) is 59.2 Å². The van der Waals surface area contributed by atoms with Gasteiger partial charge in [0.05, 0.1) is 74.0 Å². The summed E-state index contributed by atoms with van der Waals surface area (Å²) in [6, 6.07) is 14.3. The number of aliphatic hydroxyl groups excluding tert-OH is 1. The minimum absolute atomic E-state index is 0.00169. The van der Waals surface area contributed by atoms with Crippen LogP contribution in [0.4, 0.5) is 30.7 Å². The van der Waals surface area contributed by atoms with Gasteiger partial charge in [-0.2, -0.15) is 26.3 Å². The van der Waals surface area contributed by atoms with Crippen molar-refractivity contribution >= 4 is 42.8 Å². The summed E-state index contributed by atoms with van der Waals surface area (Å²) in [5, 5.41) is 16.9. The van der Waals surface area contributed by atoms with Crippen LogP contribution in [0.2, 0.25) is 0 Å². The number of hydrogen-bond donors (Lipinski definition) is 3. The predicted molar refractivity (Wildman–Crippen MR) is 259 cm³/mol. The van der Waals surface area contributed by atoms with E-state index in [2.05, 4.69) is 40.5 Å². The normalized spacial score (nSPS) is 13.2. The Hall–Kier alpha value is -7.71. The Labute approximate surface area is 429 Å². The summed E-state index contributed by atoms with van der Waals surface area (Å²) in [7, 11) is -7.03. The number of fused-ring (bicyclic) bond motifs is 2. The number of nitrogens with zero attached hydrogens (tertiary/aromatic N) is 8. The summed E-state index contributed by atoms with van der Waals surface area (Å²) in [4.78, 5) is 51.5. The lowest BCUT2D eigenvalue weighted by molar-refractivity contribution is -0.140. The second-order valence-electron chi connectivity index (χ2n) is 17.1. The first-order valence-electron chi connectivity index (χ1n) is 23.3. The van der Waals surface area contributed by atoms with Gasteiger partial charge in [-0.15, -0.1) is 0 Å². The number of imidazole rings is 2. The molecule has 0 aliphatic carbocycles. The lowest BCUT2D eigenvalue weighted by Gasteiger charge is -2.17. The summed E-state index contributed by atoms with van der Waals surface area (Å²) in [5.41, 5.74) is -4.47. The lowest BCUT2D eigenvalue weighted by Crippen LogP contribution is -2.23. The molecule has 2 unspecified atom stereocenters. The highest BCUT2D eigenvalue weighted by Crippen LogP contribution is 2.40. The number of alkyl halides is 7. The third-order valence-electron chi connectivity index (χ3n) is 12.4. The molecule has 8 aromatic rings. The van der Waals surface area contributed by atoms with Crippen molar-refractivity contribution < 1.29 is 62.3 Å². The van der Waals surface area contributed by atoms with Crippen LogP contribution in [0, 0.1) is 0 Å². The number of aryl methyl sites for hydroxylation is 3. The average molecular weight is 1100 g/mol. The molecule has 3 N–H and O–H groups in total. The van der Waals surface area contributed by atoms with Gasteiger partial charge in [-0.05, 0) is 92.1 Å². The van der Waals surface area contributed by atoms with Gasteiger partial charge in [0.15, 0.2) is 25.8 Å². The molecule has 0 saturated carbocycles. The van der Waals surface area contributed by atoms with Gasteiger partial charge in [-0.3, -0.25) is 29.5 Å². The Morgan fingerprint density at radius 2 is 1.11 bits per heavy atom. The number of aliphatic hydroxyl groups is 1. The third-order valence-corrected chi connectivity index (χ3v) is 15.8. The fourth-order valence-corrected chi connectivity index (χ4v) is 9.92. The van der Waals surface area contributed by atoms with Crippen LogP contribution in [0.5, 0.6) is 0 Å². The van der Waals surface area contributed by atoms with E-state index in [0.29, 0.717) is 23.5 Å². The van der Waals surface area contributed by atoms with Crippen molar-refractivity contribution in [3.8, 4) is 0 Å². The van der Waals surface area contributed by atoms with Crippen molar-refractivity contribution in [3.05, 3.63) is 177 Å². The monoisotopic (exact) mass is 1090 g/mol. The predicted octanol–water partition coefficient (Wildman–Crippen LogP) is 7.54.